The molecule has 7 heteroatoms. The first kappa shape index (κ1) is 17.5. The zero-order valence-electron chi connectivity index (χ0n) is 13.5. The number of furan rings is 1. The van der Waals surface area contributed by atoms with Crippen molar-refractivity contribution in [1.29, 1.82) is 0 Å². The maximum absolute atomic E-state index is 12.3. The summed E-state index contributed by atoms with van der Waals surface area (Å²) in [6.07, 6.45) is 5.19. The standard InChI is InChI=1S/C15H27N3O3S/c1-3-18(4-2)22(19,20)16-13-14(15-9-8-12-21-15)17-10-6-5-7-11-17/h8-9,12,14,16H,3-7,10-11,13H2,1-2H3/t14-/m1/s1. The Kier molecular flexibility index (Phi) is 6.43. The number of nitrogens with zero attached hydrogens (tertiary/aromatic N) is 2. The summed E-state index contributed by atoms with van der Waals surface area (Å²) >= 11 is 0. The second kappa shape index (κ2) is 8.10. The van der Waals surface area contributed by atoms with Gasteiger partial charge < -0.3 is 4.42 Å². The highest BCUT2D eigenvalue weighted by Gasteiger charge is 2.27. The van der Waals surface area contributed by atoms with Crippen LogP contribution in [0.3, 0.4) is 0 Å². The lowest BCUT2D eigenvalue weighted by molar-refractivity contribution is 0.146. The third-order valence-electron chi connectivity index (χ3n) is 4.21. The van der Waals surface area contributed by atoms with Gasteiger partial charge in [-0.05, 0) is 38.1 Å². The average Bonchev–Trinajstić information content (AvgIpc) is 3.03. The van der Waals surface area contributed by atoms with Crippen LogP contribution in [0.1, 0.15) is 44.9 Å². The summed E-state index contributed by atoms with van der Waals surface area (Å²) in [4.78, 5) is 2.31. The molecule has 1 aromatic rings. The van der Waals surface area contributed by atoms with Crippen LogP contribution in [0.15, 0.2) is 22.8 Å². The van der Waals surface area contributed by atoms with Crippen molar-refractivity contribution < 1.29 is 12.8 Å². The molecule has 0 radical (unpaired) electrons. The minimum atomic E-state index is -3.43. The van der Waals surface area contributed by atoms with Gasteiger partial charge in [0.05, 0.1) is 12.3 Å². The van der Waals surface area contributed by atoms with Crippen molar-refractivity contribution in [3.63, 3.8) is 0 Å². The van der Waals surface area contributed by atoms with Gasteiger partial charge in [-0.3, -0.25) is 4.90 Å². The number of nitrogens with one attached hydrogen (secondary N) is 1. The molecule has 1 N–H and O–H groups in total. The fourth-order valence-corrected chi connectivity index (χ4v) is 4.19. The monoisotopic (exact) mass is 329 g/mol. The first-order chi connectivity index (χ1) is 10.6. The maximum atomic E-state index is 12.3. The fraction of sp³-hybridized carbons (Fsp3) is 0.733. The lowest BCUT2D eigenvalue weighted by Gasteiger charge is -2.33. The summed E-state index contributed by atoms with van der Waals surface area (Å²) in [5, 5.41) is 0. The average molecular weight is 329 g/mol. The second-order valence-corrected chi connectivity index (χ2v) is 7.32. The van der Waals surface area contributed by atoms with Crippen LogP contribution >= 0.6 is 0 Å². The number of rotatable bonds is 8. The largest absolute Gasteiger partial charge is 0.468 e. The summed E-state index contributed by atoms with van der Waals surface area (Å²) in [7, 11) is -3.43. The van der Waals surface area contributed by atoms with Crippen molar-refractivity contribution in [2.75, 3.05) is 32.7 Å². The molecular formula is C15H27N3O3S. The predicted molar refractivity (Wildman–Crippen MR) is 86.7 cm³/mol. The third-order valence-corrected chi connectivity index (χ3v) is 5.94. The van der Waals surface area contributed by atoms with E-state index in [1.54, 1.807) is 6.26 Å². The lowest BCUT2D eigenvalue weighted by atomic mass is 10.1. The van der Waals surface area contributed by atoms with Gasteiger partial charge >= 0.3 is 0 Å². The first-order valence-electron chi connectivity index (χ1n) is 8.10. The normalized spacial score (nSPS) is 18.7. The molecule has 2 heterocycles. The van der Waals surface area contributed by atoms with Crippen LogP contribution in [0.25, 0.3) is 0 Å². The van der Waals surface area contributed by atoms with Gasteiger partial charge in [0.15, 0.2) is 0 Å². The number of piperidine rings is 1. The molecule has 1 aliphatic rings. The zero-order valence-corrected chi connectivity index (χ0v) is 14.3. The summed E-state index contributed by atoms with van der Waals surface area (Å²) in [6.45, 7) is 6.94. The van der Waals surface area contributed by atoms with Gasteiger partial charge in [-0.15, -0.1) is 0 Å². The first-order valence-corrected chi connectivity index (χ1v) is 9.54. The molecular weight excluding hydrogens is 302 g/mol. The van der Waals surface area contributed by atoms with E-state index in [0.717, 1.165) is 31.7 Å². The Morgan fingerprint density at radius 2 is 1.95 bits per heavy atom. The van der Waals surface area contributed by atoms with Gasteiger partial charge in [0, 0.05) is 19.6 Å². The Morgan fingerprint density at radius 1 is 1.27 bits per heavy atom. The van der Waals surface area contributed by atoms with Gasteiger partial charge in [-0.2, -0.15) is 12.7 Å². The molecule has 1 atom stereocenters. The molecule has 0 bridgehead atoms. The number of hydrogen-bond donors (Lipinski definition) is 1. The van der Waals surface area contributed by atoms with Crippen molar-refractivity contribution in [3.05, 3.63) is 24.2 Å². The Labute approximate surface area is 133 Å². The van der Waals surface area contributed by atoms with E-state index in [9.17, 15) is 8.42 Å². The van der Waals surface area contributed by atoms with Gasteiger partial charge in [-0.25, -0.2) is 4.72 Å². The molecule has 0 aliphatic carbocycles. The van der Waals surface area contributed by atoms with Gasteiger partial charge in [0.1, 0.15) is 5.76 Å². The Bertz CT molecular complexity index is 520. The summed E-state index contributed by atoms with van der Waals surface area (Å²) in [5.74, 6) is 0.823. The fourth-order valence-electron chi connectivity index (χ4n) is 2.96. The van der Waals surface area contributed by atoms with E-state index in [1.165, 1.54) is 10.7 Å². The molecule has 0 aromatic carbocycles. The van der Waals surface area contributed by atoms with Crippen LogP contribution in [0.4, 0.5) is 0 Å². The van der Waals surface area contributed by atoms with Crippen LogP contribution in [-0.2, 0) is 10.2 Å². The zero-order chi connectivity index (χ0) is 16.0. The highest BCUT2D eigenvalue weighted by Crippen LogP contribution is 2.24. The quantitative estimate of drug-likeness (QED) is 0.792. The summed E-state index contributed by atoms with van der Waals surface area (Å²) in [6, 6.07) is 3.73. The van der Waals surface area contributed by atoms with Crippen molar-refractivity contribution in [2.24, 2.45) is 0 Å². The van der Waals surface area contributed by atoms with Crippen molar-refractivity contribution >= 4 is 10.2 Å². The van der Waals surface area contributed by atoms with E-state index in [0.29, 0.717) is 19.6 Å². The van der Waals surface area contributed by atoms with Crippen molar-refractivity contribution in [1.82, 2.24) is 13.9 Å². The van der Waals surface area contributed by atoms with Crippen LogP contribution in [-0.4, -0.2) is 50.3 Å². The van der Waals surface area contributed by atoms with Gasteiger partial charge in [0.2, 0.25) is 0 Å². The number of hydrogen-bond acceptors (Lipinski definition) is 4. The van der Waals surface area contributed by atoms with Crippen LogP contribution in [0, 0.1) is 0 Å². The predicted octanol–water partition coefficient (Wildman–Crippen LogP) is 1.98. The van der Waals surface area contributed by atoms with Crippen LogP contribution in [0.5, 0.6) is 0 Å². The van der Waals surface area contributed by atoms with E-state index >= 15 is 0 Å². The third kappa shape index (κ3) is 4.32. The number of likely N-dealkylation sites (tertiary alicyclic amines) is 1. The summed E-state index contributed by atoms with van der Waals surface area (Å²) < 4.78 is 34.3. The molecule has 126 valence electrons. The van der Waals surface area contributed by atoms with Crippen LogP contribution < -0.4 is 4.72 Å². The van der Waals surface area contributed by atoms with E-state index in [4.69, 9.17) is 4.42 Å². The SMILES string of the molecule is CCN(CC)S(=O)(=O)NC[C@H](c1ccco1)N1CCCCC1. The highest BCUT2D eigenvalue weighted by molar-refractivity contribution is 7.87. The van der Waals surface area contributed by atoms with Crippen molar-refractivity contribution in [2.45, 2.75) is 39.2 Å². The van der Waals surface area contributed by atoms with E-state index in [1.807, 2.05) is 26.0 Å². The lowest BCUT2D eigenvalue weighted by Crippen LogP contribution is -2.45. The minimum absolute atomic E-state index is 0.0411. The van der Waals surface area contributed by atoms with Gasteiger partial charge in [-0.1, -0.05) is 20.3 Å². The van der Waals surface area contributed by atoms with Crippen molar-refractivity contribution in [3.8, 4) is 0 Å². The highest BCUT2D eigenvalue weighted by atomic mass is 32.2. The van der Waals surface area contributed by atoms with Crippen LogP contribution in [0.2, 0.25) is 0 Å². The molecule has 0 amide bonds. The molecule has 1 aromatic heterocycles. The molecule has 22 heavy (non-hydrogen) atoms. The molecule has 0 unspecified atom stereocenters. The molecule has 1 saturated heterocycles. The van der Waals surface area contributed by atoms with E-state index in [2.05, 4.69) is 9.62 Å². The Hall–Kier alpha value is -0.890. The second-order valence-electron chi connectivity index (χ2n) is 5.57. The molecule has 2 rings (SSSR count). The molecule has 1 aliphatic heterocycles. The molecule has 0 spiro atoms. The maximum Gasteiger partial charge on any atom is 0.279 e. The molecule has 0 saturated carbocycles. The minimum Gasteiger partial charge on any atom is -0.468 e. The van der Waals surface area contributed by atoms with Gasteiger partial charge in [0.25, 0.3) is 10.2 Å². The smallest absolute Gasteiger partial charge is 0.279 e. The topological polar surface area (TPSA) is 65.8 Å². The Balaban J connectivity index is 2.07. The Morgan fingerprint density at radius 3 is 2.50 bits per heavy atom. The summed E-state index contributed by atoms with van der Waals surface area (Å²) in [5.41, 5.74) is 0. The van der Waals surface area contributed by atoms with E-state index in [-0.39, 0.29) is 6.04 Å². The molecule has 6 nitrogen and oxygen atoms in total. The molecule has 1 fully saturated rings. The van der Waals surface area contributed by atoms with E-state index < -0.39 is 10.2 Å².